The molecule has 1 aliphatic heterocycles. The van der Waals surface area contributed by atoms with Gasteiger partial charge in [-0.05, 0) is 45.6 Å². The van der Waals surface area contributed by atoms with Gasteiger partial charge in [0.15, 0.2) is 5.69 Å². The van der Waals surface area contributed by atoms with Gasteiger partial charge in [-0.3, -0.25) is 13.9 Å². The summed E-state index contributed by atoms with van der Waals surface area (Å²) in [5, 5.41) is 7.24. The Morgan fingerprint density at radius 3 is 2.58 bits per heavy atom. The normalized spacial score (nSPS) is 21.9. The van der Waals surface area contributed by atoms with Crippen molar-refractivity contribution in [3.05, 3.63) is 36.0 Å². The van der Waals surface area contributed by atoms with Gasteiger partial charge in [0.25, 0.3) is 5.91 Å². The average molecular weight is 447 g/mol. The van der Waals surface area contributed by atoms with Crippen LogP contribution in [-0.2, 0) is 4.74 Å². The number of hydrogen-bond acceptors (Lipinski definition) is 6. The van der Waals surface area contributed by atoms with Gasteiger partial charge in [-0.25, -0.2) is 4.98 Å². The molecule has 2 unspecified atom stereocenters. The fourth-order valence-corrected chi connectivity index (χ4v) is 4.10. The third-order valence-electron chi connectivity index (χ3n) is 5.69. The number of nitrogens with zero attached hydrogens (tertiary/aromatic N) is 5. The van der Waals surface area contributed by atoms with Crippen molar-refractivity contribution in [2.45, 2.75) is 45.8 Å². The fraction of sp³-hybridized carbons (Fsp3) is 0.524. The van der Waals surface area contributed by atoms with E-state index in [2.05, 4.69) is 15.4 Å². The molecule has 1 saturated heterocycles. The zero-order valence-electron chi connectivity index (χ0n) is 18.0. The van der Waals surface area contributed by atoms with Crippen molar-refractivity contribution < 1.29 is 14.3 Å². The van der Waals surface area contributed by atoms with Crippen LogP contribution in [0.1, 0.15) is 55.8 Å². The van der Waals surface area contributed by atoms with Crippen LogP contribution < -0.4 is 10.1 Å². The smallest absolute Gasteiger partial charge is 0.276 e. The lowest BCUT2D eigenvalue weighted by Crippen LogP contribution is -2.17. The molecule has 0 spiro atoms. The Labute approximate surface area is 186 Å². The van der Waals surface area contributed by atoms with Crippen LogP contribution in [0.15, 0.2) is 24.7 Å². The van der Waals surface area contributed by atoms with E-state index >= 15 is 0 Å². The zero-order chi connectivity index (χ0) is 21.0. The maximum atomic E-state index is 12.8. The molecule has 1 N–H and O–H groups in total. The molecule has 1 amide bonds. The Kier molecular flexibility index (Phi) is 5.65. The van der Waals surface area contributed by atoms with Crippen molar-refractivity contribution in [1.29, 1.82) is 0 Å². The molecule has 9 nitrogen and oxygen atoms in total. The van der Waals surface area contributed by atoms with Crippen molar-refractivity contribution in [3.63, 3.8) is 0 Å². The van der Waals surface area contributed by atoms with Gasteiger partial charge >= 0.3 is 0 Å². The molecule has 3 aromatic heterocycles. The first-order valence-corrected chi connectivity index (χ1v) is 10.4. The van der Waals surface area contributed by atoms with Crippen LogP contribution in [0, 0.1) is 11.8 Å². The monoisotopic (exact) mass is 446 g/mol. The van der Waals surface area contributed by atoms with Crippen molar-refractivity contribution in [1.82, 2.24) is 24.1 Å². The molecule has 2 aliphatic rings. The van der Waals surface area contributed by atoms with Gasteiger partial charge in [0, 0.05) is 30.6 Å². The number of anilines is 1. The number of halogens is 1. The number of carbonyl (C=O) groups is 1. The highest BCUT2D eigenvalue weighted by molar-refractivity contribution is 6.03. The van der Waals surface area contributed by atoms with E-state index in [0.717, 1.165) is 18.9 Å². The molecular weight excluding hydrogens is 420 g/mol. The number of carbonyl (C=O) groups excluding carboxylic acids is 1. The highest BCUT2D eigenvalue weighted by Gasteiger charge is 2.55. The molecule has 3 aromatic rings. The van der Waals surface area contributed by atoms with Crippen molar-refractivity contribution in [2.24, 2.45) is 11.8 Å². The van der Waals surface area contributed by atoms with Crippen LogP contribution in [0.3, 0.4) is 0 Å². The van der Waals surface area contributed by atoms with E-state index in [-0.39, 0.29) is 30.5 Å². The first kappa shape index (κ1) is 21.6. The molecule has 2 fully saturated rings. The lowest BCUT2D eigenvalue weighted by Gasteiger charge is -2.13. The summed E-state index contributed by atoms with van der Waals surface area (Å²) in [6.07, 6.45) is 5.51. The molecule has 0 aromatic carbocycles. The first-order valence-electron chi connectivity index (χ1n) is 10.4. The van der Waals surface area contributed by atoms with Crippen molar-refractivity contribution in [2.75, 3.05) is 18.5 Å². The van der Waals surface area contributed by atoms with Gasteiger partial charge in [-0.1, -0.05) is 0 Å². The first-order chi connectivity index (χ1) is 14.4. The lowest BCUT2D eigenvalue weighted by molar-refractivity contribution is 0.102. The number of nitrogens with one attached hydrogen (secondary N) is 1. The fourth-order valence-electron chi connectivity index (χ4n) is 4.10. The molecule has 10 heteroatoms. The maximum absolute atomic E-state index is 12.8. The predicted octanol–water partition coefficient (Wildman–Crippen LogP) is 3.33. The van der Waals surface area contributed by atoms with Gasteiger partial charge < -0.3 is 14.8 Å². The molecule has 31 heavy (non-hydrogen) atoms. The molecule has 1 aliphatic carbocycles. The summed E-state index contributed by atoms with van der Waals surface area (Å²) < 4.78 is 15.0. The number of amides is 1. The highest BCUT2D eigenvalue weighted by Crippen LogP contribution is 2.57. The van der Waals surface area contributed by atoms with E-state index in [1.54, 1.807) is 16.9 Å². The maximum Gasteiger partial charge on any atom is 0.276 e. The molecule has 4 heterocycles. The highest BCUT2D eigenvalue weighted by atomic mass is 35.5. The van der Waals surface area contributed by atoms with Crippen LogP contribution in [0.5, 0.6) is 5.88 Å². The van der Waals surface area contributed by atoms with Crippen LogP contribution in [0.25, 0.3) is 5.78 Å². The van der Waals surface area contributed by atoms with E-state index < -0.39 is 0 Å². The lowest BCUT2D eigenvalue weighted by atomic mass is 10.2. The molecule has 0 bridgehead atoms. The Balaban J connectivity index is 0.00000231. The summed E-state index contributed by atoms with van der Waals surface area (Å²) in [5.41, 5.74) is 1.86. The standard InChI is InChI=1S/C21H26N6O3.ClH/c1-11(2)27-6-5-15(25-27)19(28)22-17-8-26-7-16(18-13-9-29-10-14(13)18)23-21(26)24-20(17)30-12(3)4;/h5-8,11-14,18H,9-10H2,1-4H3,(H,22,28);1H. The van der Waals surface area contributed by atoms with Crippen LogP contribution in [0.4, 0.5) is 5.69 Å². The summed E-state index contributed by atoms with van der Waals surface area (Å²) in [6.45, 7) is 9.48. The van der Waals surface area contributed by atoms with E-state index in [1.807, 2.05) is 44.5 Å². The minimum atomic E-state index is -0.307. The summed E-state index contributed by atoms with van der Waals surface area (Å²) in [7, 11) is 0. The molecule has 166 valence electrons. The summed E-state index contributed by atoms with van der Waals surface area (Å²) >= 11 is 0. The minimum absolute atomic E-state index is 0. The largest absolute Gasteiger partial charge is 0.473 e. The van der Waals surface area contributed by atoms with E-state index in [9.17, 15) is 4.79 Å². The number of rotatable bonds is 6. The summed E-state index contributed by atoms with van der Waals surface area (Å²) in [6, 6.07) is 1.88. The van der Waals surface area contributed by atoms with Crippen LogP contribution >= 0.6 is 12.4 Å². The van der Waals surface area contributed by atoms with Crippen molar-refractivity contribution in [3.8, 4) is 5.88 Å². The zero-order valence-corrected chi connectivity index (χ0v) is 18.8. The second kappa shape index (κ2) is 8.12. The van der Waals surface area contributed by atoms with E-state index in [4.69, 9.17) is 14.5 Å². The van der Waals surface area contributed by atoms with Crippen LogP contribution in [0.2, 0.25) is 0 Å². The average Bonchev–Trinajstić information content (AvgIpc) is 3.16. The third kappa shape index (κ3) is 3.99. The van der Waals surface area contributed by atoms with Gasteiger partial charge in [0.05, 0.1) is 25.0 Å². The van der Waals surface area contributed by atoms with Crippen molar-refractivity contribution >= 4 is 29.8 Å². The number of hydrogen-bond donors (Lipinski definition) is 1. The number of ether oxygens (including phenoxy) is 2. The topological polar surface area (TPSA) is 95.6 Å². The van der Waals surface area contributed by atoms with Gasteiger partial charge in [0.2, 0.25) is 11.7 Å². The Morgan fingerprint density at radius 2 is 1.94 bits per heavy atom. The predicted molar refractivity (Wildman–Crippen MR) is 117 cm³/mol. The number of imidazole rings is 1. The molecular formula is C21H27ClN6O3. The number of aromatic nitrogens is 5. The summed E-state index contributed by atoms with van der Waals surface area (Å²) in [5.74, 6) is 2.18. The van der Waals surface area contributed by atoms with Gasteiger partial charge in [-0.2, -0.15) is 10.1 Å². The SMILES string of the molecule is CC(C)Oc1nc2nc(C3C4COCC43)cn2cc1NC(=O)c1ccn(C(C)C)n1.Cl. The molecule has 5 rings (SSSR count). The Bertz CT molecular complexity index is 1100. The Morgan fingerprint density at radius 1 is 1.19 bits per heavy atom. The van der Waals surface area contributed by atoms with E-state index in [0.29, 0.717) is 40.8 Å². The second-order valence-electron chi connectivity index (χ2n) is 8.62. The third-order valence-corrected chi connectivity index (χ3v) is 5.69. The minimum Gasteiger partial charge on any atom is -0.473 e. The summed E-state index contributed by atoms with van der Waals surface area (Å²) in [4.78, 5) is 22.1. The Hall–Kier alpha value is -2.65. The quantitative estimate of drug-likeness (QED) is 0.624. The molecule has 2 atom stereocenters. The van der Waals surface area contributed by atoms with Crippen LogP contribution in [-0.4, -0.2) is 49.4 Å². The molecule has 1 saturated carbocycles. The molecule has 0 radical (unpaired) electrons. The van der Waals surface area contributed by atoms with Gasteiger partial charge in [-0.15, -0.1) is 12.4 Å². The second-order valence-corrected chi connectivity index (χ2v) is 8.62. The number of fused-ring (bicyclic) bond motifs is 2. The van der Waals surface area contributed by atoms with Gasteiger partial charge in [0.1, 0.15) is 5.69 Å². The van der Waals surface area contributed by atoms with E-state index in [1.165, 1.54) is 0 Å².